The molecule has 0 spiro atoms. The topological polar surface area (TPSA) is 52.6 Å². The number of carbonyl (C=O) groups excluding carboxylic acids is 1. The van der Waals surface area contributed by atoms with Crippen molar-refractivity contribution in [1.29, 1.82) is 0 Å². The lowest BCUT2D eigenvalue weighted by Crippen LogP contribution is -2.36. The molecule has 2 aromatic carbocycles. The molecule has 0 aromatic heterocycles. The molecule has 0 atom stereocenters. The maximum absolute atomic E-state index is 12.2. The van der Waals surface area contributed by atoms with Gasteiger partial charge in [0.25, 0.3) is 0 Å². The van der Waals surface area contributed by atoms with Crippen LogP contribution in [0.25, 0.3) is 6.08 Å². The number of benzene rings is 2. The van der Waals surface area contributed by atoms with E-state index in [1.807, 2.05) is 54.6 Å². The number of nitrogens with one attached hydrogen (secondary N) is 1. The summed E-state index contributed by atoms with van der Waals surface area (Å²) in [6.07, 6.45) is 4.66. The summed E-state index contributed by atoms with van der Waals surface area (Å²) in [4.78, 5) is 14.4. The van der Waals surface area contributed by atoms with E-state index >= 15 is 0 Å². The van der Waals surface area contributed by atoms with Gasteiger partial charge in [-0.25, -0.2) is 0 Å². The van der Waals surface area contributed by atoms with Gasteiger partial charge in [0.05, 0.1) is 17.5 Å². The highest BCUT2D eigenvalue weighted by Crippen LogP contribution is 2.28. The second kappa shape index (κ2) is 7.79. The van der Waals surface area contributed by atoms with E-state index in [9.17, 15) is 9.90 Å². The van der Waals surface area contributed by atoms with Gasteiger partial charge in [0.2, 0.25) is 5.91 Å². The van der Waals surface area contributed by atoms with Gasteiger partial charge in [-0.2, -0.15) is 0 Å². The van der Waals surface area contributed by atoms with Crippen molar-refractivity contribution in [3.05, 3.63) is 66.2 Å². The first-order chi connectivity index (χ1) is 11.7. The Morgan fingerprint density at radius 1 is 1.04 bits per heavy atom. The van der Waals surface area contributed by atoms with Gasteiger partial charge in [-0.3, -0.25) is 4.79 Å². The quantitative estimate of drug-likeness (QED) is 0.849. The molecule has 1 heterocycles. The molecular formula is C20H22N2O2. The van der Waals surface area contributed by atoms with E-state index in [1.165, 1.54) is 0 Å². The molecule has 4 nitrogen and oxygen atoms in total. The van der Waals surface area contributed by atoms with E-state index < -0.39 is 0 Å². The SMILES string of the molecule is O=C(/C=C/c1ccccc1)Nc1ccccc1N1CCC(O)CC1. The zero-order valence-corrected chi connectivity index (χ0v) is 13.6. The zero-order chi connectivity index (χ0) is 16.8. The highest BCUT2D eigenvalue weighted by atomic mass is 16.3. The van der Waals surface area contributed by atoms with Gasteiger partial charge in [0.15, 0.2) is 0 Å². The Morgan fingerprint density at radius 2 is 1.71 bits per heavy atom. The lowest BCUT2D eigenvalue weighted by molar-refractivity contribution is -0.111. The van der Waals surface area contributed by atoms with Crippen molar-refractivity contribution in [3.63, 3.8) is 0 Å². The smallest absolute Gasteiger partial charge is 0.248 e. The van der Waals surface area contributed by atoms with Gasteiger partial charge in [-0.15, -0.1) is 0 Å². The summed E-state index contributed by atoms with van der Waals surface area (Å²) >= 11 is 0. The van der Waals surface area contributed by atoms with E-state index in [4.69, 9.17) is 0 Å². The van der Waals surface area contributed by atoms with Gasteiger partial charge >= 0.3 is 0 Å². The van der Waals surface area contributed by atoms with Crippen LogP contribution in [0.3, 0.4) is 0 Å². The average Bonchev–Trinajstić information content (AvgIpc) is 2.62. The molecule has 24 heavy (non-hydrogen) atoms. The van der Waals surface area contributed by atoms with E-state index in [1.54, 1.807) is 12.2 Å². The summed E-state index contributed by atoms with van der Waals surface area (Å²) in [6, 6.07) is 17.5. The molecule has 124 valence electrons. The predicted octanol–water partition coefficient (Wildman–Crippen LogP) is 3.30. The third-order valence-corrected chi connectivity index (χ3v) is 4.19. The maximum atomic E-state index is 12.2. The summed E-state index contributed by atoms with van der Waals surface area (Å²) in [5.74, 6) is -0.150. The monoisotopic (exact) mass is 322 g/mol. The number of piperidine rings is 1. The fourth-order valence-corrected chi connectivity index (χ4v) is 2.87. The fourth-order valence-electron chi connectivity index (χ4n) is 2.87. The Hall–Kier alpha value is -2.59. The van der Waals surface area contributed by atoms with Crippen LogP contribution < -0.4 is 10.2 Å². The zero-order valence-electron chi connectivity index (χ0n) is 13.6. The molecule has 2 aromatic rings. The number of carbonyl (C=O) groups is 1. The molecule has 2 N–H and O–H groups in total. The number of para-hydroxylation sites is 2. The molecule has 0 radical (unpaired) electrons. The Labute approximate surface area is 142 Å². The summed E-state index contributed by atoms with van der Waals surface area (Å²) < 4.78 is 0. The van der Waals surface area contributed by atoms with Crippen molar-refractivity contribution >= 4 is 23.4 Å². The molecule has 0 bridgehead atoms. The van der Waals surface area contributed by atoms with Crippen molar-refractivity contribution < 1.29 is 9.90 Å². The van der Waals surface area contributed by atoms with Gasteiger partial charge in [0, 0.05) is 19.2 Å². The maximum Gasteiger partial charge on any atom is 0.248 e. The number of hydrogen-bond acceptors (Lipinski definition) is 3. The summed E-state index contributed by atoms with van der Waals surface area (Å²) in [5, 5.41) is 12.6. The number of amides is 1. The van der Waals surface area contributed by atoms with Crippen LogP contribution in [0.15, 0.2) is 60.7 Å². The summed E-state index contributed by atoms with van der Waals surface area (Å²) in [5.41, 5.74) is 2.80. The van der Waals surface area contributed by atoms with Crippen molar-refractivity contribution in [2.45, 2.75) is 18.9 Å². The molecule has 1 aliphatic rings. The Balaban J connectivity index is 1.69. The summed E-state index contributed by atoms with van der Waals surface area (Å²) in [6.45, 7) is 1.60. The van der Waals surface area contributed by atoms with Crippen LogP contribution in [0.5, 0.6) is 0 Å². The molecular weight excluding hydrogens is 300 g/mol. The van der Waals surface area contributed by atoms with Crippen LogP contribution in [0.4, 0.5) is 11.4 Å². The first kappa shape index (κ1) is 16.3. The molecule has 1 saturated heterocycles. The molecule has 4 heteroatoms. The lowest BCUT2D eigenvalue weighted by Gasteiger charge is -2.32. The van der Waals surface area contributed by atoms with Crippen LogP contribution in [-0.4, -0.2) is 30.2 Å². The van der Waals surface area contributed by atoms with E-state index in [0.29, 0.717) is 0 Å². The predicted molar refractivity (Wildman–Crippen MR) is 98.0 cm³/mol. The number of nitrogens with zero attached hydrogens (tertiary/aromatic N) is 1. The second-order valence-corrected chi connectivity index (χ2v) is 5.97. The molecule has 3 rings (SSSR count). The normalized spacial score (nSPS) is 15.6. The van der Waals surface area contributed by atoms with Crippen LogP contribution in [0.2, 0.25) is 0 Å². The van der Waals surface area contributed by atoms with Gasteiger partial charge in [0.1, 0.15) is 0 Å². The number of rotatable bonds is 4. The van der Waals surface area contributed by atoms with Crippen LogP contribution in [0, 0.1) is 0 Å². The fraction of sp³-hybridized carbons (Fsp3) is 0.250. The van der Waals surface area contributed by atoms with Crippen LogP contribution >= 0.6 is 0 Å². The van der Waals surface area contributed by atoms with Gasteiger partial charge in [-0.05, 0) is 36.6 Å². The number of aliphatic hydroxyl groups is 1. The average molecular weight is 322 g/mol. The first-order valence-corrected chi connectivity index (χ1v) is 8.28. The molecule has 0 unspecified atom stereocenters. The van der Waals surface area contributed by atoms with Crippen molar-refractivity contribution in [2.75, 3.05) is 23.3 Å². The van der Waals surface area contributed by atoms with Crippen molar-refractivity contribution in [3.8, 4) is 0 Å². The van der Waals surface area contributed by atoms with E-state index in [-0.39, 0.29) is 12.0 Å². The van der Waals surface area contributed by atoms with Gasteiger partial charge in [-0.1, -0.05) is 42.5 Å². The van der Waals surface area contributed by atoms with Gasteiger partial charge < -0.3 is 15.3 Å². The number of aliphatic hydroxyl groups excluding tert-OH is 1. The summed E-state index contributed by atoms with van der Waals surface area (Å²) in [7, 11) is 0. The molecule has 1 amide bonds. The third kappa shape index (κ3) is 4.24. The lowest BCUT2D eigenvalue weighted by atomic mass is 10.1. The van der Waals surface area contributed by atoms with Crippen LogP contribution in [0.1, 0.15) is 18.4 Å². The van der Waals surface area contributed by atoms with Crippen molar-refractivity contribution in [1.82, 2.24) is 0 Å². The van der Waals surface area contributed by atoms with Crippen molar-refractivity contribution in [2.24, 2.45) is 0 Å². The third-order valence-electron chi connectivity index (χ3n) is 4.19. The molecule has 1 fully saturated rings. The van der Waals surface area contributed by atoms with Crippen LogP contribution in [-0.2, 0) is 4.79 Å². The highest BCUT2D eigenvalue weighted by molar-refractivity contribution is 6.03. The highest BCUT2D eigenvalue weighted by Gasteiger charge is 2.19. The molecule has 0 saturated carbocycles. The minimum atomic E-state index is -0.211. The Bertz CT molecular complexity index is 705. The molecule has 1 aliphatic heterocycles. The Morgan fingerprint density at radius 3 is 2.46 bits per heavy atom. The minimum absolute atomic E-state index is 0.150. The number of hydrogen-bond donors (Lipinski definition) is 2. The Kier molecular flexibility index (Phi) is 5.29. The standard InChI is InChI=1S/C20H22N2O2/c23-17-12-14-22(15-13-17)19-9-5-4-8-18(19)21-20(24)11-10-16-6-2-1-3-7-16/h1-11,17,23H,12-15H2,(H,21,24)/b11-10+. The van der Waals surface area contributed by atoms with E-state index in [2.05, 4.69) is 10.2 Å². The first-order valence-electron chi connectivity index (χ1n) is 8.28. The largest absolute Gasteiger partial charge is 0.393 e. The number of anilines is 2. The molecule has 0 aliphatic carbocycles. The minimum Gasteiger partial charge on any atom is -0.393 e. The van der Waals surface area contributed by atoms with E-state index in [0.717, 1.165) is 42.9 Å². The second-order valence-electron chi connectivity index (χ2n) is 5.97.